The third-order valence-electron chi connectivity index (χ3n) is 8.72. The number of fused-ring (bicyclic) bond motifs is 6. The van der Waals surface area contributed by atoms with Crippen LogP contribution in [-0.2, 0) is 5.41 Å². The molecule has 1 aliphatic rings. The maximum atomic E-state index is 5.35. The minimum atomic E-state index is -0.184. The number of rotatable bonds is 3. The quantitative estimate of drug-likeness (QED) is 0.215. The molecule has 0 atom stereocenters. The van der Waals surface area contributed by atoms with Gasteiger partial charge in [0.2, 0.25) is 0 Å². The molecular formula is C39H28N2. The van der Waals surface area contributed by atoms with Crippen LogP contribution in [0.5, 0.6) is 0 Å². The molecule has 0 radical (unpaired) electrons. The van der Waals surface area contributed by atoms with Gasteiger partial charge in [0, 0.05) is 28.8 Å². The molecule has 2 aromatic heterocycles. The van der Waals surface area contributed by atoms with Crippen molar-refractivity contribution in [3.8, 4) is 44.6 Å². The van der Waals surface area contributed by atoms with Crippen molar-refractivity contribution in [3.05, 3.63) is 145 Å². The molecule has 0 unspecified atom stereocenters. The van der Waals surface area contributed by atoms with Crippen molar-refractivity contribution >= 4 is 21.7 Å². The van der Waals surface area contributed by atoms with Gasteiger partial charge < -0.3 is 0 Å². The first kappa shape index (κ1) is 23.8. The first-order chi connectivity index (χ1) is 20.1. The van der Waals surface area contributed by atoms with E-state index in [1.54, 1.807) is 0 Å². The van der Waals surface area contributed by atoms with Crippen LogP contribution in [0.15, 0.2) is 134 Å². The summed E-state index contributed by atoms with van der Waals surface area (Å²) in [6, 6.07) is 43.8. The van der Waals surface area contributed by atoms with Gasteiger partial charge >= 0.3 is 0 Å². The summed E-state index contributed by atoms with van der Waals surface area (Å²) in [6.45, 7) is 4.70. The highest BCUT2D eigenvalue weighted by Gasteiger charge is 2.39. The van der Waals surface area contributed by atoms with Crippen LogP contribution in [0.3, 0.4) is 0 Å². The Morgan fingerprint density at radius 1 is 0.561 bits per heavy atom. The number of aromatic nitrogens is 2. The van der Waals surface area contributed by atoms with E-state index in [-0.39, 0.29) is 5.41 Å². The molecule has 0 N–H and O–H groups in total. The summed E-state index contributed by atoms with van der Waals surface area (Å²) in [7, 11) is 0. The lowest BCUT2D eigenvalue weighted by Crippen LogP contribution is -2.16. The molecule has 0 saturated carbocycles. The molecule has 8 rings (SSSR count). The number of hydrogen-bond donors (Lipinski definition) is 0. The van der Waals surface area contributed by atoms with E-state index < -0.39 is 0 Å². The Morgan fingerprint density at radius 2 is 1.22 bits per heavy atom. The van der Waals surface area contributed by atoms with E-state index in [1.807, 2.05) is 12.4 Å². The van der Waals surface area contributed by atoms with Crippen LogP contribution in [0.25, 0.3) is 66.3 Å². The zero-order chi connectivity index (χ0) is 27.6. The maximum absolute atomic E-state index is 5.35. The highest BCUT2D eigenvalue weighted by molar-refractivity contribution is 6.16. The number of benzene rings is 5. The van der Waals surface area contributed by atoms with Crippen LogP contribution in [0, 0.1) is 0 Å². The van der Waals surface area contributed by atoms with E-state index in [4.69, 9.17) is 4.98 Å². The lowest BCUT2D eigenvalue weighted by molar-refractivity contribution is 0.662. The number of pyridine rings is 2. The molecule has 2 heteroatoms. The Hall–Kier alpha value is -5.08. The molecule has 0 spiro atoms. The number of nitrogens with zero attached hydrogens (tertiary/aromatic N) is 2. The second-order valence-electron chi connectivity index (χ2n) is 11.5. The molecule has 1 aliphatic carbocycles. The van der Waals surface area contributed by atoms with E-state index >= 15 is 0 Å². The number of hydrogen-bond acceptors (Lipinski definition) is 2. The standard InChI is InChI=1S/C39H28N2/c1-39(2)33-16-6-5-15-32(33)38-37(39)35(36-31-14-4-3-9-26(31)17-18-34(36)41-38)30-13-8-12-29(24-30)28-11-7-10-27(23-28)25-19-21-40-22-20-25/h3-24H,1-2H3. The van der Waals surface area contributed by atoms with Crippen LogP contribution in [0.4, 0.5) is 0 Å². The Labute approximate surface area is 240 Å². The summed E-state index contributed by atoms with van der Waals surface area (Å²) >= 11 is 0. The van der Waals surface area contributed by atoms with Gasteiger partial charge in [0.25, 0.3) is 0 Å². The summed E-state index contributed by atoms with van der Waals surface area (Å²) < 4.78 is 0. The third-order valence-corrected chi connectivity index (χ3v) is 8.72. The van der Waals surface area contributed by atoms with Crippen LogP contribution in [0.1, 0.15) is 25.0 Å². The summed E-state index contributed by atoms with van der Waals surface area (Å²) in [5.41, 5.74) is 13.1. The minimum Gasteiger partial charge on any atom is -0.265 e. The second-order valence-corrected chi connectivity index (χ2v) is 11.5. The van der Waals surface area contributed by atoms with Crippen LogP contribution in [0.2, 0.25) is 0 Å². The SMILES string of the molecule is CC1(C)c2ccccc2-c2nc3ccc4ccccc4c3c(-c3cccc(-c4cccc(-c5ccncc5)c4)c3)c21. The molecule has 0 saturated heterocycles. The van der Waals surface area contributed by atoms with E-state index in [0.29, 0.717) is 0 Å². The van der Waals surface area contributed by atoms with E-state index in [1.165, 1.54) is 66.2 Å². The summed E-state index contributed by atoms with van der Waals surface area (Å²) in [5.74, 6) is 0. The van der Waals surface area contributed by atoms with Gasteiger partial charge in [0.15, 0.2) is 0 Å². The van der Waals surface area contributed by atoms with E-state index in [2.05, 4.69) is 140 Å². The molecule has 2 heterocycles. The normalized spacial score (nSPS) is 13.3. The van der Waals surface area contributed by atoms with Gasteiger partial charge in [-0.3, -0.25) is 4.98 Å². The molecule has 0 bridgehead atoms. The van der Waals surface area contributed by atoms with Gasteiger partial charge in [-0.05, 0) is 85.6 Å². The van der Waals surface area contributed by atoms with Gasteiger partial charge in [0.1, 0.15) is 0 Å². The molecule has 0 amide bonds. The lowest BCUT2D eigenvalue weighted by Gasteiger charge is -2.26. The average Bonchev–Trinajstić information content (AvgIpc) is 3.26. The van der Waals surface area contributed by atoms with Crippen molar-refractivity contribution in [2.45, 2.75) is 19.3 Å². The topological polar surface area (TPSA) is 25.8 Å². The summed E-state index contributed by atoms with van der Waals surface area (Å²) in [4.78, 5) is 9.54. The molecule has 5 aromatic carbocycles. The fourth-order valence-electron chi connectivity index (χ4n) is 6.77. The molecule has 194 valence electrons. The average molecular weight is 525 g/mol. The zero-order valence-electron chi connectivity index (χ0n) is 23.1. The largest absolute Gasteiger partial charge is 0.265 e. The van der Waals surface area contributed by atoms with Gasteiger partial charge in [0.05, 0.1) is 11.2 Å². The monoisotopic (exact) mass is 524 g/mol. The van der Waals surface area contributed by atoms with Crippen molar-refractivity contribution in [2.75, 3.05) is 0 Å². The zero-order valence-corrected chi connectivity index (χ0v) is 23.1. The third kappa shape index (κ3) is 3.64. The first-order valence-electron chi connectivity index (χ1n) is 14.2. The molecule has 0 fully saturated rings. The predicted octanol–water partition coefficient (Wildman–Crippen LogP) is 10.1. The van der Waals surface area contributed by atoms with Gasteiger partial charge in [-0.25, -0.2) is 4.98 Å². The highest BCUT2D eigenvalue weighted by atomic mass is 14.7. The molecule has 2 nitrogen and oxygen atoms in total. The molecule has 0 aliphatic heterocycles. The van der Waals surface area contributed by atoms with E-state index in [9.17, 15) is 0 Å². The second kappa shape index (κ2) is 8.97. The van der Waals surface area contributed by atoms with Gasteiger partial charge in [-0.2, -0.15) is 0 Å². The molecule has 41 heavy (non-hydrogen) atoms. The Kier molecular flexibility index (Phi) is 5.20. The molecule has 7 aromatic rings. The summed E-state index contributed by atoms with van der Waals surface area (Å²) in [5, 5.41) is 3.70. The minimum absolute atomic E-state index is 0.184. The summed E-state index contributed by atoms with van der Waals surface area (Å²) in [6.07, 6.45) is 3.70. The van der Waals surface area contributed by atoms with Crippen LogP contribution < -0.4 is 0 Å². The molecular weight excluding hydrogens is 496 g/mol. The van der Waals surface area contributed by atoms with E-state index in [0.717, 1.165) is 11.2 Å². The van der Waals surface area contributed by atoms with Crippen LogP contribution in [-0.4, -0.2) is 9.97 Å². The lowest BCUT2D eigenvalue weighted by atomic mass is 9.77. The van der Waals surface area contributed by atoms with Gasteiger partial charge in [-0.1, -0.05) is 105 Å². The first-order valence-corrected chi connectivity index (χ1v) is 14.2. The fraction of sp³-hybridized carbons (Fsp3) is 0.0769. The van der Waals surface area contributed by atoms with Crippen molar-refractivity contribution < 1.29 is 0 Å². The smallest absolute Gasteiger partial charge is 0.0759 e. The maximum Gasteiger partial charge on any atom is 0.0759 e. The Bertz CT molecular complexity index is 2120. The Balaban J connectivity index is 1.42. The van der Waals surface area contributed by atoms with Crippen molar-refractivity contribution in [1.82, 2.24) is 9.97 Å². The fourth-order valence-corrected chi connectivity index (χ4v) is 6.77. The Morgan fingerprint density at radius 3 is 2.02 bits per heavy atom. The predicted molar refractivity (Wildman–Crippen MR) is 171 cm³/mol. The van der Waals surface area contributed by atoms with Crippen molar-refractivity contribution in [3.63, 3.8) is 0 Å². The van der Waals surface area contributed by atoms with Crippen LogP contribution >= 0.6 is 0 Å². The van der Waals surface area contributed by atoms with Crippen molar-refractivity contribution in [2.24, 2.45) is 0 Å². The van der Waals surface area contributed by atoms with Gasteiger partial charge in [-0.15, -0.1) is 0 Å². The highest BCUT2D eigenvalue weighted by Crippen LogP contribution is 2.54. The van der Waals surface area contributed by atoms with Crippen molar-refractivity contribution in [1.29, 1.82) is 0 Å².